The number of alkyl halides is 3. The summed E-state index contributed by atoms with van der Waals surface area (Å²) < 4.78 is 73.1. The van der Waals surface area contributed by atoms with Crippen LogP contribution in [0.5, 0.6) is 0 Å². The monoisotopic (exact) mass is 589 g/mol. The van der Waals surface area contributed by atoms with Gasteiger partial charge in [0.25, 0.3) is 5.91 Å². The zero-order valence-corrected chi connectivity index (χ0v) is 22.6. The molecule has 2 amide bonds. The number of nitrogens with zero attached hydrogens (tertiary/aromatic N) is 1. The Hall–Kier alpha value is -4.23. The minimum Gasteiger partial charge on any atom is -0.456 e. The molecular formula is C28H26F3N3O6S. The number of hydrogen-bond acceptors (Lipinski definition) is 6. The van der Waals surface area contributed by atoms with Crippen LogP contribution in [0, 0.1) is 0 Å². The topological polar surface area (TPSA) is 122 Å². The van der Waals surface area contributed by atoms with E-state index in [0.29, 0.717) is 17.7 Å². The maximum Gasteiger partial charge on any atom is 0.418 e. The Labute approximate surface area is 234 Å². The van der Waals surface area contributed by atoms with E-state index in [1.54, 1.807) is 18.2 Å². The van der Waals surface area contributed by atoms with Gasteiger partial charge in [-0.25, -0.2) is 8.42 Å². The second-order valence-electron chi connectivity index (χ2n) is 9.24. The van der Waals surface area contributed by atoms with Crippen LogP contribution >= 0.6 is 0 Å². The van der Waals surface area contributed by atoms with Gasteiger partial charge in [0.05, 0.1) is 28.6 Å². The standard InChI is InChI=1S/C28H26F3N3O6S/c1-18(35)32-20-10-12-21(13-11-20)41(38,39)34-15-14-19-6-2-3-7-22(19)25(34)16-27(37)40-17-26(36)33-24-9-5-4-8-23(24)28(29,30)31/h2-13,25H,14-17H2,1H3,(H,32,35)(H,33,36)/t25-/m0/s1. The van der Waals surface area contributed by atoms with Crippen LogP contribution in [0.1, 0.15) is 36.1 Å². The minimum absolute atomic E-state index is 0.0490. The number of rotatable bonds is 8. The molecule has 0 unspecified atom stereocenters. The van der Waals surface area contributed by atoms with Crippen molar-refractivity contribution in [2.75, 3.05) is 23.8 Å². The molecule has 1 heterocycles. The third-order valence-electron chi connectivity index (χ3n) is 6.38. The maximum atomic E-state index is 13.6. The van der Waals surface area contributed by atoms with Gasteiger partial charge in [-0.15, -0.1) is 0 Å². The van der Waals surface area contributed by atoms with Crippen molar-refractivity contribution >= 4 is 39.2 Å². The van der Waals surface area contributed by atoms with Crippen LogP contribution in [0.25, 0.3) is 0 Å². The van der Waals surface area contributed by atoms with Gasteiger partial charge < -0.3 is 15.4 Å². The van der Waals surface area contributed by atoms with Gasteiger partial charge in [0.15, 0.2) is 6.61 Å². The van der Waals surface area contributed by atoms with E-state index in [4.69, 9.17) is 4.74 Å². The van der Waals surface area contributed by atoms with Gasteiger partial charge in [-0.1, -0.05) is 36.4 Å². The number of anilines is 2. The Balaban J connectivity index is 1.50. The third kappa shape index (κ3) is 7.11. The number of halogens is 3. The largest absolute Gasteiger partial charge is 0.456 e. The molecule has 0 aliphatic carbocycles. The molecule has 216 valence electrons. The van der Waals surface area contributed by atoms with E-state index in [0.717, 1.165) is 17.7 Å². The van der Waals surface area contributed by atoms with Crippen LogP contribution in [0.4, 0.5) is 24.5 Å². The first-order valence-electron chi connectivity index (χ1n) is 12.5. The molecule has 1 aliphatic rings. The predicted octanol–water partition coefficient (Wildman–Crippen LogP) is 4.52. The maximum absolute atomic E-state index is 13.6. The smallest absolute Gasteiger partial charge is 0.418 e. The van der Waals surface area contributed by atoms with Crippen LogP contribution in [0.15, 0.2) is 77.7 Å². The first-order valence-corrected chi connectivity index (χ1v) is 13.9. The number of ether oxygens (including phenoxy) is 1. The highest BCUT2D eigenvalue weighted by molar-refractivity contribution is 7.89. The highest BCUT2D eigenvalue weighted by atomic mass is 32.2. The number of carbonyl (C=O) groups excluding carboxylic acids is 3. The molecule has 0 bridgehead atoms. The predicted molar refractivity (Wildman–Crippen MR) is 143 cm³/mol. The van der Waals surface area contributed by atoms with Crippen molar-refractivity contribution in [3.63, 3.8) is 0 Å². The molecular weight excluding hydrogens is 563 g/mol. The molecule has 3 aromatic rings. The van der Waals surface area contributed by atoms with E-state index >= 15 is 0 Å². The summed E-state index contributed by atoms with van der Waals surface area (Å²) in [7, 11) is -4.11. The SMILES string of the molecule is CC(=O)Nc1ccc(S(=O)(=O)N2CCc3ccccc3[C@@H]2CC(=O)OCC(=O)Nc2ccccc2C(F)(F)F)cc1. The van der Waals surface area contributed by atoms with Gasteiger partial charge in [0.2, 0.25) is 15.9 Å². The molecule has 0 aromatic heterocycles. The Morgan fingerprint density at radius 1 is 0.951 bits per heavy atom. The van der Waals surface area contributed by atoms with Gasteiger partial charge in [0.1, 0.15) is 0 Å². The van der Waals surface area contributed by atoms with Crippen molar-refractivity contribution in [1.82, 2.24) is 4.31 Å². The molecule has 41 heavy (non-hydrogen) atoms. The summed E-state index contributed by atoms with van der Waals surface area (Å²) in [4.78, 5) is 36.4. The van der Waals surface area contributed by atoms with Gasteiger partial charge in [0, 0.05) is 19.2 Å². The summed E-state index contributed by atoms with van der Waals surface area (Å²) in [5, 5.41) is 4.66. The molecule has 0 radical (unpaired) electrons. The molecule has 1 aliphatic heterocycles. The van der Waals surface area contributed by atoms with Gasteiger partial charge in [-0.2, -0.15) is 17.5 Å². The second kappa shape index (κ2) is 12.1. The number of esters is 1. The van der Waals surface area contributed by atoms with E-state index in [2.05, 4.69) is 10.6 Å². The summed E-state index contributed by atoms with van der Waals surface area (Å²) in [5.41, 5.74) is 0.321. The van der Waals surface area contributed by atoms with Crippen LogP contribution in [0.3, 0.4) is 0 Å². The summed E-state index contributed by atoms with van der Waals surface area (Å²) in [6, 6.07) is 16.1. The van der Waals surface area contributed by atoms with Crippen LogP contribution in [-0.4, -0.2) is 43.7 Å². The molecule has 13 heteroatoms. The van der Waals surface area contributed by atoms with Gasteiger partial charge in [-0.3, -0.25) is 14.4 Å². The van der Waals surface area contributed by atoms with Crippen molar-refractivity contribution in [3.05, 3.63) is 89.5 Å². The van der Waals surface area contributed by atoms with Crippen LogP contribution in [-0.2, 0) is 41.7 Å². The summed E-state index contributed by atoms with van der Waals surface area (Å²) in [6.07, 6.45) is -4.74. The minimum atomic E-state index is -4.70. The third-order valence-corrected chi connectivity index (χ3v) is 8.30. The normalized spacial score (nSPS) is 15.5. The van der Waals surface area contributed by atoms with Crippen molar-refractivity contribution < 1.29 is 40.7 Å². The number of hydrogen-bond donors (Lipinski definition) is 2. The van der Waals surface area contributed by atoms with E-state index in [-0.39, 0.29) is 17.3 Å². The molecule has 4 rings (SSSR count). The average molecular weight is 590 g/mol. The number of carbonyl (C=O) groups is 3. The number of sulfonamides is 1. The Kier molecular flexibility index (Phi) is 8.78. The number of fused-ring (bicyclic) bond motifs is 1. The Morgan fingerprint density at radius 2 is 1.61 bits per heavy atom. The van der Waals surface area contributed by atoms with Crippen molar-refractivity contribution in [2.24, 2.45) is 0 Å². The van der Waals surface area contributed by atoms with E-state index in [1.807, 2.05) is 6.07 Å². The molecule has 0 saturated carbocycles. The zero-order valence-electron chi connectivity index (χ0n) is 21.8. The van der Waals surface area contributed by atoms with Crippen LogP contribution in [0.2, 0.25) is 0 Å². The van der Waals surface area contributed by atoms with E-state index in [1.165, 1.54) is 47.6 Å². The fraction of sp³-hybridized carbons (Fsp3) is 0.250. The molecule has 0 spiro atoms. The molecule has 0 fully saturated rings. The van der Waals surface area contributed by atoms with Gasteiger partial charge in [-0.05, 0) is 53.9 Å². The first-order chi connectivity index (χ1) is 19.4. The zero-order chi connectivity index (χ0) is 29.8. The van der Waals surface area contributed by atoms with Crippen LogP contribution < -0.4 is 10.6 Å². The number of amides is 2. The first kappa shape index (κ1) is 29.7. The lowest BCUT2D eigenvalue weighted by atomic mass is 9.92. The van der Waals surface area contributed by atoms with E-state index in [9.17, 15) is 36.0 Å². The average Bonchev–Trinajstić information content (AvgIpc) is 2.91. The lowest BCUT2D eigenvalue weighted by Crippen LogP contribution is -2.41. The molecule has 9 nitrogen and oxygen atoms in total. The Bertz CT molecular complexity index is 1560. The highest BCUT2D eigenvalue weighted by Crippen LogP contribution is 2.37. The molecule has 2 N–H and O–H groups in total. The molecule has 1 atom stereocenters. The van der Waals surface area contributed by atoms with Gasteiger partial charge >= 0.3 is 12.1 Å². The fourth-order valence-corrected chi connectivity index (χ4v) is 6.17. The van der Waals surface area contributed by atoms with Crippen molar-refractivity contribution in [1.29, 1.82) is 0 Å². The second-order valence-corrected chi connectivity index (χ2v) is 11.1. The molecule has 3 aromatic carbocycles. The quantitative estimate of drug-likeness (QED) is 0.373. The highest BCUT2D eigenvalue weighted by Gasteiger charge is 2.38. The van der Waals surface area contributed by atoms with Crippen molar-refractivity contribution in [2.45, 2.75) is 36.9 Å². The number of para-hydroxylation sites is 1. The lowest BCUT2D eigenvalue weighted by Gasteiger charge is -2.36. The summed E-state index contributed by atoms with van der Waals surface area (Å²) >= 11 is 0. The lowest BCUT2D eigenvalue weighted by molar-refractivity contribution is -0.148. The van der Waals surface area contributed by atoms with E-state index < -0.39 is 58.4 Å². The molecule has 0 saturated heterocycles. The Morgan fingerprint density at radius 3 is 2.29 bits per heavy atom. The fourth-order valence-electron chi connectivity index (χ4n) is 4.57. The number of benzene rings is 3. The number of nitrogens with one attached hydrogen (secondary N) is 2. The summed E-state index contributed by atoms with van der Waals surface area (Å²) in [5.74, 6) is -2.21. The summed E-state index contributed by atoms with van der Waals surface area (Å²) in [6.45, 7) is 0.529. The van der Waals surface area contributed by atoms with Crippen molar-refractivity contribution in [3.8, 4) is 0 Å².